The van der Waals surface area contributed by atoms with Gasteiger partial charge < -0.3 is 10.1 Å². The molecule has 0 aromatic heterocycles. The van der Waals surface area contributed by atoms with Crippen LogP contribution < -0.4 is 5.32 Å². The summed E-state index contributed by atoms with van der Waals surface area (Å²) in [6.45, 7) is 0. The Morgan fingerprint density at radius 2 is 1.95 bits per heavy atom. The molecule has 6 heteroatoms. The molecule has 1 amide bonds. The first-order valence-electron chi connectivity index (χ1n) is 6.59. The Labute approximate surface area is 145 Å². The number of ether oxygens (including phenoxy) is 1. The number of rotatable bonds is 2. The van der Waals surface area contributed by atoms with E-state index in [1.54, 1.807) is 30.3 Å². The maximum Gasteiger partial charge on any atom is 0.339 e. The van der Waals surface area contributed by atoms with Gasteiger partial charge in [0.1, 0.15) is 0 Å². The molecule has 1 unspecified atom stereocenters. The van der Waals surface area contributed by atoms with Crippen molar-refractivity contribution < 1.29 is 14.3 Å². The van der Waals surface area contributed by atoms with E-state index >= 15 is 0 Å². The highest BCUT2D eigenvalue weighted by Crippen LogP contribution is 2.24. The van der Waals surface area contributed by atoms with Gasteiger partial charge in [-0.05, 0) is 70.6 Å². The van der Waals surface area contributed by atoms with Crippen molar-refractivity contribution in [3.05, 3.63) is 62.2 Å². The average molecular weight is 428 g/mol. The summed E-state index contributed by atoms with van der Waals surface area (Å²) in [6.07, 6.45) is -0.532. The molecule has 3 rings (SSSR count). The lowest BCUT2D eigenvalue weighted by atomic mass is 9.98. The number of anilines is 1. The second-order valence-electron chi connectivity index (χ2n) is 4.90. The number of benzene rings is 2. The number of halogens is 2. The van der Waals surface area contributed by atoms with Gasteiger partial charge in [0.25, 0.3) is 5.91 Å². The van der Waals surface area contributed by atoms with Crippen LogP contribution in [0.2, 0.25) is 5.02 Å². The third-order valence-corrected chi connectivity index (χ3v) is 4.30. The number of amides is 1. The molecule has 4 nitrogen and oxygen atoms in total. The molecule has 0 saturated carbocycles. The van der Waals surface area contributed by atoms with E-state index in [1.807, 2.05) is 12.1 Å². The van der Waals surface area contributed by atoms with Crippen LogP contribution in [-0.2, 0) is 16.0 Å². The Morgan fingerprint density at radius 1 is 1.23 bits per heavy atom. The predicted molar refractivity (Wildman–Crippen MR) is 92.1 cm³/mol. The van der Waals surface area contributed by atoms with Crippen molar-refractivity contribution in [2.45, 2.75) is 12.5 Å². The van der Waals surface area contributed by atoms with E-state index in [0.29, 0.717) is 22.7 Å². The molecule has 0 fully saturated rings. The third kappa shape index (κ3) is 3.25. The summed E-state index contributed by atoms with van der Waals surface area (Å²) in [6, 6.07) is 12.3. The lowest BCUT2D eigenvalue weighted by Gasteiger charge is -2.24. The van der Waals surface area contributed by atoms with Crippen LogP contribution in [0.3, 0.4) is 0 Å². The number of esters is 1. The van der Waals surface area contributed by atoms with Crippen LogP contribution in [0.4, 0.5) is 5.69 Å². The van der Waals surface area contributed by atoms with Crippen LogP contribution in [0.5, 0.6) is 0 Å². The minimum absolute atomic E-state index is 0.317. The monoisotopic (exact) mass is 427 g/mol. The molecule has 1 aliphatic rings. The molecular weight excluding hydrogens is 417 g/mol. The molecule has 0 spiro atoms. The summed E-state index contributed by atoms with van der Waals surface area (Å²) in [5.74, 6) is -0.846. The third-order valence-electron chi connectivity index (χ3n) is 3.35. The Bertz CT molecular complexity index is 746. The molecule has 0 saturated heterocycles. The topological polar surface area (TPSA) is 55.4 Å². The standard InChI is InChI=1S/C16H11ClINO3/c17-10-1-6-13-9(7-10)8-14(22-16(13)21)15(20)19-12-4-2-11(18)3-5-12/h1-7,14H,8H2,(H,19,20). The average Bonchev–Trinajstić information content (AvgIpc) is 2.49. The SMILES string of the molecule is O=C1OC(C(=O)Nc2ccc(I)cc2)Cc2cc(Cl)ccc21. The van der Waals surface area contributed by atoms with Crippen molar-refractivity contribution in [2.24, 2.45) is 0 Å². The molecule has 0 bridgehead atoms. The number of fused-ring (bicyclic) bond motifs is 1. The highest BCUT2D eigenvalue weighted by Gasteiger charge is 2.31. The molecular formula is C16H11ClINO3. The zero-order valence-electron chi connectivity index (χ0n) is 11.3. The fraction of sp³-hybridized carbons (Fsp3) is 0.125. The number of carbonyl (C=O) groups excluding carboxylic acids is 2. The van der Waals surface area contributed by atoms with Crippen molar-refractivity contribution >= 4 is 51.8 Å². The Morgan fingerprint density at radius 3 is 2.68 bits per heavy atom. The second kappa shape index (κ2) is 6.26. The number of nitrogens with one attached hydrogen (secondary N) is 1. The van der Waals surface area contributed by atoms with E-state index in [2.05, 4.69) is 27.9 Å². The Balaban J connectivity index is 1.77. The molecule has 22 heavy (non-hydrogen) atoms. The molecule has 0 aliphatic carbocycles. The van der Waals surface area contributed by atoms with E-state index in [4.69, 9.17) is 16.3 Å². The molecule has 112 valence electrons. The summed E-state index contributed by atoms with van der Waals surface area (Å²) < 4.78 is 6.29. The van der Waals surface area contributed by atoms with Gasteiger partial charge in [-0.2, -0.15) is 0 Å². The normalized spacial score (nSPS) is 16.6. The highest BCUT2D eigenvalue weighted by molar-refractivity contribution is 14.1. The van der Waals surface area contributed by atoms with Crippen LogP contribution in [0.15, 0.2) is 42.5 Å². The fourth-order valence-electron chi connectivity index (χ4n) is 2.27. The number of hydrogen-bond donors (Lipinski definition) is 1. The quantitative estimate of drug-likeness (QED) is 0.588. The van der Waals surface area contributed by atoms with Crippen LogP contribution in [0, 0.1) is 3.57 Å². The van der Waals surface area contributed by atoms with Gasteiger partial charge in [0, 0.05) is 20.7 Å². The summed E-state index contributed by atoms with van der Waals surface area (Å²) in [5.41, 5.74) is 1.85. The van der Waals surface area contributed by atoms with Crippen LogP contribution in [0.1, 0.15) is 15.9 Å². The molecule has 1 aliphatic heterocycles. The maximum atomic E-state index is 12.3. The minimum Gasteiger partial charge on any atom is -0.448 e. The van der Waals surface area contributed by atoms with Crippen LogP contribution in [-0.4, -0.2) is 18.0 Å². The smallest absolute Gasteiger partial charge is 0.339 e. The van der Waals surface area contributed by atoms with Gasteiger partial charge in [-0.3, -0.25) is 4.79 Å². The lowest BCUT2D eigenvalue weighted by molar-refractivity contribution is -0.125. The molecule has 0 radical (unpaired) electrons. The van der Waals surface area contributed by atoms with E-state index in [9.17, 15) is 9.59 Å². The maximum absolute atomic E-state index is 12.3. The van der Waals surface area contributed by atoms with Crippen LogP contribution in [0.25, 0.3) is 0 Å². The van der Waals surface area contributed by atoms with E-state index in [0.717, 1.165) is 9.13 Å². The van der Waals surface area contributed by atoms with E-state index < -0.39 is 12.1 Å². The second-order valence-corrected chi connectivity index (χ2v) is 6.58. The summed E-state index contributed by atoms with van der Waals surface area (Å²) in [5, 5.41) is 3.28. The van der Waals surface area contributed by atoms with Crippen molar-refractivity contribution in [2.75, 3.05) is 5.32 Å². The summed E-state index contributed by atoms with van der Waals surface area (Å²) in [4.78, 5) is 24.2. The van der Waals surface area contributed by atoms with Gasteiger partial charge in [-0.25, -0.2) is 4.79 Å². The summed E-state index contributed by atoms with van der Waals surface area (Å²) in [7, 11) is 0. The van der Waals surface area contributed by atoms with E-state index in [-0.39, 0.29) is 5.91 Å². The number of hydrogen-bond acceptors (Lipinski definition) is 3. The highest BCUT2D eigenvalue weighted by atomic mass is 127. The molecule has 1 atom stereocenters. The van der Waals surface area contributed by atoms with Gasteiger partial charge in [0.05, 0.1) is 5.56 Å². The van der Waals surface area contributed by atoms with Crippen molar-refractivity contribution in [3.63, 3.8) is 0 Å². The van der Waals surface area contributed by atoms with Gasteiger partial charge in [-0.1, -0.05) is 11.6 Å². The molecule has 1 N–H and O–H groups in total. The fourth-order valence-corrected chi connectivity index (χ4v) is 2.82. The van der Waals surface area contributed by atoms with Crippen molar-refractivity contribution in [1.82, 2.24) is 0 Å². The van der Waals surface area contributed by atoms with E-state index in [1.165, 1.54) is 0 Å². The number of carbonyl (C=O) groups is 2. The first-order valence-corrected chi connectivity index (χ1v) is 8.04. The molecule has 2 aromatic rings. The summed E-state index contributed by atoms with van der Waals surface area (Å²) >= 11 is 8.13. The van der Waals surface area contributed by atoms with Crippen molar-refractivity contribution in [3.8, 4) is 0 Å². The van der Waals surface area contributed by atoms with Gasteiger partial charge in [-0.15, -0.1) is 0 Å². The largest absolute Gasteiger partial charge is 0.448 e. The van der Waals surface area contributed by atoms with Gasteiger partial charge in [0.2, 0.25) is 0 Å². The van der Waals surface area contributed by atoms with Crippen LogP contribution >= 0.6 is 34.2 Å². The lowest BCUT2D eigenvalue weighted by Crippen LogP contribution is -2.38. The zero-order chi connectivity index (χ0) is 15.7. The van der Waals surface area contributed by atoms with Crippen molar-refractivity contribution in [1.29, 1.82) is 0 Å². The first kappa shape index (κ1) is 15.3. The first-order chi connectivity index (χ1) is 10.5. The Hall–Kier alpha value is -1.60. The zero-order valence-corrected chi connectivity index (χ0v) is 14.2. The number of cyclic esters (lactones) is 1. The Kier molecular flexibility index (Phi) is 4.35. The van der Waals surface area contributed by atoms with Gasteiger partial charge >= 0.3 is 5.97 Å². The molecule has 2 aromatic carbocycles. The predicted octanol–water partition coefficient (Wildman–Crippen LogP) is 3.66. The molecule has 1 heterocycles. The minimum atomic E-state index is -0.849. The van der Waals surface area contributed by atoms with Gasteiger partial charge in [0.15, 0.2) is 6.10 Å².